The fourth-order valence-corrected chi connectivity index (χ4v) is 4.65. The first kappa shape index (κ1) is 16.0. The molecule has 1 saturated carbocycles. The molecule has 0 bridgehead atoms. The molecule has 2 rings (SSSR count). The number of rotatable bonds is 5. The molecule has 1 aromatic rings. The van der Waals surface area contributed by atoms with E-state index in [1.165, 1.54) is 31.4 Å². The largest absolute Gasteiger partial charge is 0.242 e. The molecule has 1 unspecified atom stereocenters. The second kappa shape index (κ2) is 7.06. The van der Waals surface area contributed by atoms with E-state index in [1.54, 1.807) is 12.1 Å². The van der Waals surface area contributed by atoms with E-state index in [1.807, 2.05) is 13.0 Å². The Balaban J connectivity index is 2.21. The van der Waals surface area contributed by atoms with Crippen LogP contribution in [0.15, 0.2) is 29.2 Å². The minimum atomic E-state index is -3.64. The third-order valence-corrected chi connectivity index (χ3v) is 5.81. The average Bonchev–Trinajstić information content (AvgIpc) is 2.53. The van der Waals surface area contributed by atoms with Crippen molar-refractivity contribution < 1.29 is 8.42 Å². The predicted molar refractivity (Wildman–Crippen MR) is 82.1 cm³/mol. The van der Waals surface area contributed by atoms with Gasteiger partial charge in [-0.05, 0) is 37.3 Å². The Morgan fingerprint density at radius 2 is 1.95 bits per heavy atom. The molecule has 21 heavy (non-hydrogen) atoms. The van der Waals surface area contributed by atoms with Crippen molar-refractivity contribution in [2.75, 3.05) is 0 Å². The highest BCUT2D eigenvalue weighted by molar-refractivity contribution is 7.89. The maximum absolute atomic E-state index is 12.6. The lowest BCUT2D eigenvalue weighted by atomic mass is 9.83. The molecule has 5 heteroatoms. The van der Waals surface area contributed by atoms with Crippen molar-refractivity contribution in [3.05, 3.63) is 29.8 Å². The van der Waals surface area contributed by atoms with Gasteiger partial charge in [0, 0.05) is 6.04 Å². The molecule has 0 amide bonds. The second-order valence-electron chi connectivity index (χ2n) is 5.64. The van der Waals surface area contributed by atoms with Crippen LogP contribution >= 0.6 is 0 Å². The highest BCUT2D eigenvalue weighted by atomic mass is 32.2. The standard InChI is InChI=1S/C16H22N2O2S/c1-2-15(13-8-4-3-5-9-13)18-21(19,20)16-11-7-6-10-14(16)12-17/h6-7,10-11,13,15,18H,2-5,8-9H2,1H3. The molecule has 1 atom stereocenters. The smallest absolute Gasteiger partial charge is 0.208 e. The normalized spacial score (nSPS) is 18.1. The average molecular weight is 306 g/mol. The maximum Gasteiger partial charge on any atom is 0.242 e. The monoisotopic (exact) mass is 306 g/mol. The van der Waals surface area contributed by atoms with E-state index in [9.17, 15) is 8.42 Å². The van der Waals surface area contributed by atoms with Crippen LogP contribution < -0.4 is 4.72 Å². The molecule has 1 aliphatic carbocycles. The molecule has 0 aromatic heterocycles. The summed E-state index contributed by atoms with van der Waals surface area (Å²) in [5.41, 5.74) is 0.198. The number of nitriles is 1. The van der Waals surface area contributed by atoms with Crippen molar-refractivity contribution in [3.8, 4) is 6.07 Å². The van der Waals surface area contributed by atoms with Crippen molar-refractivity contribution in [2.24, 2.45) is 5.92 Å². The fourth-order valence-electron chi connectivity index (χ4n) is 3.11. The van der Waals surface area contributed by atoms with Gasteiger partial charge in [0.1, 0.15) is 6.07 Å². The quantitative estimate of drug-likeness (QED) is 0.908. The van der Waals surface area contributed by atoms with E-state index in [2.05, 4.69) is 4.72 Å². The summed E-state index contributed by atoms with van der Waals surface area (Å²) in [5, 5.41) is 9.08. The van der Waals surface area contributed by atoms with Crippen LogP contribution in [0.3, 0.4) is 0 Å². The highest BCUT2D eigenvalue weighted by Crippen LogP contribution is 2.28. The Kier molecular flexibility index (Phi) is 5.38. The number of hydrogen-bond acceptors (Lipinski definition) is 3. The van der Waals surface area contributed by atoms with Gasteiger partial charge in [0.05, 0.1) is 10.5 Å². The van der Waals surface area contributed by atoms with E-state index in [0.717, 1.165) is 19.3 Å². The summed E-state index contributed by atoms with van der Waals surface area (Å²) in [6.07, 6.45) is 6.55. The van der Waals surface area contributed by atoms with Crippen LogP contribution in [0, 0.1) is 17.2 Å². The molecule has 1 fully saturated rings. The Labute approximate surface area is 127 Å². The van der Waals surface area contributed by atoms with Gasteiger partial charge in [-0.15, -0.1) is 0 Å². The van der Waals surface area contributed by atoms with Gasteiger partial charge in [0.25, 0.3) is 0 Å². The van der Waals surface area contributed by atoms with Crippen LogP contribution in [0.1, 0.15) is 51.0 Å². The lowest BCUT2D eigenvalue weighted by Gasteiger charge is -2.30. The molecule has 0 spiro atoms. The molecule has 0 aliphatic heterocycles. The van der Waals surface area contributed by atoms with Crippen LogP contribution in [-0.4, -0.2) is 14.5 Å². The zero-order valence-corrected chi connectivity index (χ0v) is 13.2. The summed E-state index contributed by atoms with van der Waals surface area (Å²) < 4.78 is 27.9. The second-order valence-corrected chi connectivity index (χ2v) is 7.32. The fraction of sp³-hybridized carbons (Fsp3) is 0.562. The molecule has 1 aromatic carbocycles. The summed E-state index contributed by atoms with van der Waals surface area (Å²) in [5.74, 6) is 0.410. The van der Waals surface area contributed by atoms with Gasteiger partial charge in [0.2, 0.25) is 10.0 Å². The summed E-state index contributed by atoms with van der Waals surface area (Å²) >= 11 is 0. The van der Waals surface area contributed by atoms with Crippen molar-refractivity contribution in [2.45, 2.75) is 56.4 Å². The van der Waals surface area contributed by atoms with E-state index in [4.69, 9.17) is 5.26 Å². The molecule has 0 radical (unpaired) electrons. The number of hydrogen-bond donors (Lipinski definition) is 1. The minimum Gasteiger partial charge on any atom is -0.208 e. The van der Waals surface area contributed by atoms with Crippen molar-refractivity contribution in [1.82, 2.24) is 4.72 Å². The Bertz CT molecular complexity index is 613. The van der Waals surface area contributed by atoms with Gasteiger partial charge in [0.15, 0.2) is 0 Å². The van der Waals surface area contributed by atoms with Crippen LogP contribution in [0.2, 0.25) is 0 Å². The zero-order valence-electron chi connectivity index (χ0n) is 12.4. The van der Waals surface area contributed by atoms with E-state index >= 15 is 0 Å². The van der Waals surface area contributed by atoms with Gasteiger partial charge in [-0.3, -0.25) is 0 Å². The minimum absolute atomic E-state index is 0.0398. The number of nitrogens with zero attached hydrogens (tertiary/aromatic N) is 1. The van der Waals surface area contributed by atoms with Gasteiger partial charge in [-0.1, -0.05) is 38.3 Å². The molecule has 1 N–H and O–H groups in total. The van der Waals surface area contributed by atoms with E-state index in [0.29, 0.717) is 5.92 Å². The topological polar surface area (TPSA) is 70.0 Å². The lowest BCUT2D eigenvalue weighted by Crippen LogP contribution is -2.40. The van der Waals surface area contributed by atoms with Gasteiger partial charge in [-0.2, -0.15) is 5.26 Å². The van der Waals surface area contributed by atoms with Crippen molar-refractivity contribution in [3.63, 3.8) is 0 Å². The zero-order chi connectivity index (χ0) is 15.3. The Morgan fingerprint density at radius 3 is 2.57 bits per heavy atom. The predicted octanol–water partition coefficient (Wildman–Crippen LogP) is 3.20. The molecule has 4 nitrogen and oxygen atoms in total. The third kappa shape index (κ3) is 3.84. The molecular weight excluding hydrogens is 284 g/mol. The van der Waals surface area contributed by atoms with Crippen molar-refractivity contribution in [1.29, 1.82) is 5.26 Å². The van der Waals surface area contributed by atoms with Crippen LogP contribution in [0.25, 0.3) is 0 Å². The molecule has 114 valence electrons. The van der Waals surface area contributed by atoms with Gasteiger partial charge >= 0.3 is 0 Å². The first-order chi connectivity index (χ1) is 10.1. The molecule has 0 heterocycles. The summed E-state index contributed by atoms with van der Waals surface area (Å²) in [7, 11) is -3.64. The van der Waals surface area contributed by atoms with Gasteiger partial charge < -0.3 is 0 Å². The van der Waals surface area contributed by atoms with E-state index in [-0.39, 0.29) is 16.5 Å². The maximum atomic E-state index is 12.6. The summed E-state index contributed by atoms with van der Waals surface area (Å²) in [6.45, 7) is 2.01. The van der Waals surface area contributed by atoms with Crippen LogP contribution in [0.5, 0.6) is 0 Å². The molecule has 1 aliphatic rings. The third-order valence-electron chi connectivity index (χ3n) is 4.26. The number of benzene rings is 1. The summed E-state index contributed by atoms with van der Waals surface area (Å²) in [6, 6.07) is 8.27. The number of nitrogens with one attached hydrogen (secondary N) is 1. The Morgan fingerprint density at radius 1 is 1.29 bits per heavy atom. The lowest BCUT2D eigenvalue weighted by molar-refractivity contribution is 0.285. The number of sulfonamides is 1. The van der Waals surface area contributed by atoms with Gasteiger partial charge in [-0.25, -0.2) is 13.1 Å². The Hall–Kier alpha value is -1.38. The van der Waals surface area contributed by atoms with Crippen LogP contribution in [-0.2, 0) is 10.0 Å². The van der Waals surface area contributed by atoms with E-state index < -0.39 is 10.0 Å². The molecule has 0 saturated heterocycles. The van der Waals surface area contributed by atoms with Crippen LogP contribution in [0.4, 0.5) is 0 Å². The first-order valence-corrected chi connectivity index (χ1v) is 9.08. The first-order valence-electron chi connectivity index (χ1n) is 7.60. The SMILES string of the molecule is CCC(NS(=O)(=O)c1ccccc1C#N)C1CCCCC1. The molecular formula is C16H22N2O2S. The summed E-state index contributed by atoms with van der Waals surface area (Å²) in [4.78, 5) is 0.0850. The van der Waals surface area contributed by atoms with Crippen molar-refractivity contribution >= 4 is 10.0 Å². The highest BCUT2D eigenvalue weighted by Gasteiger charge is 2.28.